The Morgan fingerprint density at radius 3 is 1.33 bits per heavy atom. The van der Waals surface area contributed by atoms with Crippen molar-refractivity contribution in [2.45, 2.75) is 33.1 Å². The fraction of sp³-hybridized carbons (Fsp3) is 0.486. The maximum absolute atomic E-state index is 6.25. The van der Waals surface area contributed by atoms with E-state index < -0.39 is 5.41 Å². The molecule has 6 nitrogen and oxygen atoms in total. The molecule has 3 aromatic carbocycles. The quantitative estimate of drug-likeness (QED) is 0.153. The molecule has 0 aliphatic carbocycles. The molecule has 0 aromatic heterocycles. The Kier molecular flexibility index (Phi) is 8.24. The number of hydrogen-bond donors (Lipinski definition) is 0. The highest BCUT2D eigenvalue weighted by molar-refractivity contribution is 14.1. The summed E-state index contributed by atoms with van der Waals surface area (Å²) in [4.78, 5) is 0. The Bertz CT molecular complexity index is 1310. The van der Waals surface area contributed by atoms with E-state index in [9.17, 15) is 0 Å². The van der Waals surface area contributed by atoms with Crippen molar-refractivity contribution in [3.05, 3.63) is 87.0 Å². The van der Waals surface area contributed by atoms with Gasteiger partial charge in [0.25, 0.3) is 0 Å². The third kappa shape index (κ3) is 6.16. The Balaban J connectivity index is 1.26. The van der Waals surface area contributed by atoms with Gasteiger partial charge < -0.3 is 28.4 Å². The number of hydrogen-bond acceptors (Lipinski definition) is 6. The summed E-state index contributed by atoms with van der Waals surface area (Å²) in [5.74, 6) is 2.65. The highest BCUT2D eigenvalue weighted by Crippen LogP contribution is 2.42. The van der Waals surface area contributed by atoms with Crippen LogP contribution in [0.5, 0.6) is 17.2 Å². The minimum Gasteiger partial charge on any atom is -0.493 e. The van der Waals surface area contributed by atoms with Crippen LogP contribution in [0.4, 0.5) is 0 Å². The van der Waals surface area contributed by atoms with E-state index in [0.717, 1.165) is 60.5 Å². The molecule has 0 spiro atoms. The Morgan fingerprint density at radius 1 is 0.595 bits per heavy atom. The molecule has 3 fully saturated rings. The van der Waals surface area contributed by atoms with Crippen molar-refractivity contribution >= 4 is 22.6 Å². The van der Waals surface area contributed by atoms with Crippen LogP contribution in [0.15, 0.2) is 66.7 Å². The first kappa shape index (κ1) is 29.7. The second-order valence-corrected chi connectivity index (χ2v) is 14.8. The lowest BCUT2D eigenvalue weighted by atomic mass is 9.71. The summed E-state index contributed by atoms with van der Waals surface area (Å²) in [5, 5.41) is 0. The molecule has 3 aliphatic rings. The van der Waals surface area contributed by atoms with Crippen molar-refractivity contribution in [2.75, 3.05) is 59.5 Å². The van der Waals surface area contributed by atoms with Crippen LogP contribution in [0.2, 0.25) is 0 Å². The predicted octanol–water partition coefficient (Wildman–Crippen LogP) is 6.89. The van der Waals surface area contributed by atoms with E-state index in [-0.39, 0.29) is 16.2 Å². The van der Waals surface area contributed by atoms with Crippen molar-refractivity contribution in [2.24, 2.45) is 16.2 Å². The molecular weight excluding hydrogens is 643 g/mol. The molecular formula is C35H41IO6. The van der Waals surface area contributed by atoms with Gasteiger partial charge in [0.2, 0.25) is 0 Å². The van der Waals surface area contributed by atoms with Gasteiger partial charge in [0.1, 0.15) is 17.2 Å². The van der Waals surface area contributed by atoms with Crippen LogP contribution in [0.1, 0.15) is 44.4 Å². The van der Waals surface area contributed by atoms with Gasteiger partial charge in [0.05, 0.1) is 63.0 Å². The lowest BCUT2D eigenvalue weighted by molar-refractivity contribution is -0.120. The van der Waals surface area contributed by atoms with Crippen molar-refractivity contribution < 1.29 is 28.4 Å². The van der Waals surface area contributed by atoms with Crippen LogP contribution in [0.3, 0.4) is 0 Å². The summed E-state index contributed by atoms with van der Waals surface area (Å²) in [6.07, 6.45) is 0. The monoisotopic (exact) mass is 684 g/mol. The van der Waals surface area contributed by atoms with Gasteiger partial charge in [-0.3, -0.25) is 0 Å². The lowest BCUT2D eigenvalue weighted by Crippen LogP contribution is -2.44. The topological polar surface area (TPSA) is 55.4 Å². The first-order valence-electron chi connectivity index (χ1n) is 14.7. The zero-order chi connectivity index (χ0) is 29.4. The second-order valence-electron chi connectivity index (χ2n) is 13.6. The van der Waals surface area contributed by atoms with E-state index in [0.29, 0.717) is 19.8 Å². The fourth-order valence-corrected chi connectivity index (χ4v) is 6.24. The maximum atomic E-state index is 6.25. The minimum atomic E-state index is -0.412. The Hall–Kier alpha value is -2.33. The van der Waals surface area contributed by atoms with Crippen LogP contribution < -0.4 is 14.2 Å². The molecule has 42 heavy (non-hydrogen) atoms. The first-order chi connectivity index (χ1) is 20.1. The molecule has 7 heteroatoms. The number of rotatable bonds is 12. The van der Waals surface area contributed by atoms with Crippen LogP contribution in [-0.4, -0.2) is 59.5 Å². The number of benzene rings is 3. The first-order valence-corrected chi connectivity index (χ1v) is 15.8. The zero-order valence-corrected chi connectivity index (χ0v) is 27.2. The normalized spacial score (nSPS) is 20.0. The molecule has 0 bridgehead atoms. The zero-order valence-electron chi connectivity index (χ0n) is 25.0. The minimum absolute atomic E-state index is 0.0933. The highest BCUT2D eigenvalue weighted by Gasteiger charge is 2.37. The van der Waals surface area contributed by atoms with Crippen LogP contribution in [0.25, 0.3) is 0 Å². The summed E-state index contributed by atoms with van der Waals surface area (Å²) in [6, 6.07) is 23.6. The highest BCUT2D eigenvalue weighted by atomic mass is 127. The Labute approximate surface area is 263 Å². The lowest BCUT2D eigenvalue weighted by Gasteiger charge is -2.38. The van der Waals surface area contributed by atoms with E-state index in [1.54, 1.807) is 0 Å². The Morgan fingerprint density at radius 2 is 0.976 bits per heavy atom. The third-order valence-corrected chi connectivity index (χ3v) is 9.67. The van der Waals surface area contributed by atoms with Crippen LogP contribution in [0, 0.1) is 19.8 Å². The van der Waals surface area contributed by atoms with Crippen LogP contribution >= 0.6 is 22.6 Å². The molecule has 224 valence electrons. The summed E-state index contributed by atoms with van der Waals surface area (Å²) in [7, 11) is 0. The van der Waals surface area contributed by atoms with Gasteiger partial charge in [-0.15, -0.1) is 0 Å². The van der Waals surface area contributed by atoms with Crippen molar-refractivity contribution in [3.8, 4) is 17.2 Å². The second kappa shape index (κ2) is 11.6. The summed E-state index contributed by atoms with van der Waals surface area (Å²) in [6.45, 7) is 15.4. The predicted molar refractivity (Wildman–Crippen MR) is 171 cm³/mol. The average Bonchev–Trinajstić information content (AvgIpc) is 2.95. The van der Waals surface area contributed by atoms with Gasteiger partial charge in [-0.05, 0) is 82.6 Å². The number of halogens is 1. The largest absolute Gasteiger partial charge is 0.493 e. The van der Waals surface area contributed by atoms with Gasteiger partial charge in [0, 0.05) is 21.7 Å². The molecule has 6 rings (SSSR count). The molecule has 3 aromatic rings. The average molecular weight is 685 g/mol. The molecule has 0 N–H and O–H groups in total. The van der Waals surface area contributed by atoms with E-state index in [2.05, 4.69) is 117 Å². The molecule has 3 heterocycles. The van der Waals surface area contributed by atoms with E-state index >= 15 is 0 Å². The maximum Gasteiger partial charge on any atom is 0.132 e. The van der Waals surface area contributed by atoms with E-state index in [4.69, 9.17) is 28.4 Å². The molecule has 3 saturated heterocycles. The van der Waals surface area contributed by atoms with Gasteiger partial charge >= 0.3 is 0 Å². The van der Waals surface area contributed by atoms with E-state index in [1.165, 1.54) is 16.7 Å². The molecule has 3 aliphatic heterocycles. The summed E-state index contributed by atoms with van der Waals surface area (Å²) < 4.78 is 35.8. The molecule has 0 saturated carbocycles. The smallest absolute Gasteiger partial charge is 0.132 e. The van der Waals surface area contributed by atoms with Gasteiger partial charge in [-0.2, -0.15) is 0 Å². The van der Waals surface area contributed by atoms with Gasteiger partial charge in [-0.1, -0.05) is 51.1 Å². The number of ether oxygens (including phenoxy) is 6. The molecule has 0 unspecified atom stereocenters. The van der Waals surface area contributed by atoms with Gasteiger partial charge in [-0.25, -0.2) is 0 Å². The molecule has 0 amide bonds. The van der Waals surface area contributed by atoms with Gasteiger partial charge in [0.15, 0.2) is 0 Å². The molecule has 0 radical (unpaired) electrons. The SMILES string of the molecule is CC1(COc2ccc(C(C)(c3ccc(OCC4(C)COC4)cc3)c3ccc(OCC4(C)COC4)c(I)c3)cc2)COC1. The van der Waals surface area contributed by atoms with Crippen molar-refractivity contribution in [1.29, 1.82) is 0 Å². The van der Waals surface area contributed by atoms with E-state index in [1.807, 2.05) is 0 Å². The standard InChI is InChI=1S/C35H41IO6/c1-32(16-37-17-32)22-40-28-10-5-25(6-11-28)35(4,26-7-12-29(13-8-26)41-23-33(2)18-38-19-33)27-9-14-31(30(36)15-27)42-24-34(3)20-39-21-34/h5-15H,16-24H2,1-4H3. The third-order valence-electron chi connectivity index (χ3n) is 8.83. The van der Waals surface area contributed by atoms with Crippen molar-refractivity contribution in [3.63, 3.8) is 0 Å². The summed E-state index contributed by atoms with van der Waals surface area (Å²) >= 11 is 2.40. The van der Waals surface area contributed by atoms with Crippen LogP contribution in [-0.2, 0) is 19.6 Å². The van der Waals surface area contributed by atoms with Crippen molar-refractivity contribution in [1.82, 2.24) is 0 Å². The summed E-state index contributed by atoms with van der Waals surface area (Å²) in [5.41, 5.74) is 3.45. The molecule has 0 atom stereocenters. The fourth-order valence-electron chi connectivity index (χ4n) is 5.57.